The van der Waals surface area contributed by atoms with E-state index in [1.165, 1.54) is 19.1 Å². The van der Waals surface area contributed by atoms with Crippen molar-refractivity contribution in [3.8, 4) is 0 Å². The quantitative estimate of drug-likeness (QED) is 0.644. The van der Waals surface area contributed by atoms with E-state index in [0.717, 1.165) is 12.1 Å². The second-order valence-corrected chi connectivity index (χ2v) is 6.48. The molecule has 0 heterocycles. The molecule has 1 atom stereocenters. The number of para-hydroxylation sites is 1. The van der Waals surface area contributed by atoms with Crippen molar-refractivity contribution in [2.24, 2.45) is 0 Å². The molecule has 0 saturated carbocycles. The van der Waals surface area contributed by atoms with E-state index in [1.54, 1.807) is 30.3 Å². The van der Waals surface area contributed by atoms with E-state index in [2.05, 4.69) is 4.72 Å². The van der Waals surface area contributed by atoms with Gasteiger partial charge in [0.15, 0.2) is 10.7 Å². The fourth-order valence-corrected chi connectivity index (χ4v) is 3.50. The van der Waals surface area contributed by atoms with Crippen molar-refractivity contribution in [2.75, 3.05) is 0 Å². The van der Waals surface area contributed by atoms with Crippen LogP contribution in [0.1, 0.15) is 18.5 Å². The van der Waals surface area contributed by atoms with Gasteiger partial charge < -0.3 is 0 Å². The van der Waals surface area contributed by atoms with Crippen LogP contribution in [0.25, 0.3) is 0 Å². The van der Waals surface area contributed by atoms with E-state index in [0.29, 0.717) is 5.56 Å². The third-order valence-corrected chi connectivity index (χ3v) is 4.63. The summed E-state index contributed by atoms with van der Waals surface area (Å²) < 4.78 is 27.2. The topological polar surface area (TPSA) is 106 Å². The van der Waals surface area contributed by atoms with Crippen LogP contribution in [-0.2, 0) is 14.8 Å². The van der Waals surface area contributed by atoms with Crippen LogP contribution in [0.2, 0.25) is 0 Å². The summed E-state index contributed by atoms with van der Waals surface area (Å²) in [7, 11) is -4.24. The minimum absolute atomic E-state index is 0.418. The Labute approximate surface area is 133 Å². The van der Waals surface area contributed by atoms with Crippen molar-refractivity contribution in [3.05, 3.63) is 70.3 Å². The molecule has 0 spiro atoms. The number of carbonyl (C=O) groups is 1. The van der Waals surface area contributed by atoms with Crippen molar-refractivity contribution in [2.45, 2.75) is 17.9 Å². The Morgan fingerprint density at radius 1 is 1.09 bits per heavy atom. The van der Waals surface area contributed by atoms with Gasteiger partial charge in [0, 0.05) is 6.07 Å². The van der Waals surface area contributed by atoms with E-state index in [9.17, 15) is 23.3 Å². The van der Waals surface area contributed by atoms with Crippen molar-refractivity contribution in [3.63, 3.8) is 0 Å². The molecule has 23 heavy (non-hydrogen) atoms. The molecule has 0 aliphatic carbocycles. The molecule has 0 aliphatic rings. The van der Waals surface area contributed by atoms with E-state index in [-0.39, 0.29) is 0 Å². The Morgan fingerprint density at radius 3 is 2.22 bits per heavy atom. The monoisotopic (exact) mass is 334 g/mol. The highest BCUT2D eigenvalue weighted by Crippen LogP contribution is 2.25. The van der Waals surface area contributed by atoms with E-state index in [4.69, 9.17) is 0 Å². The fraction of sp³-hybridized carbons (Fsp3) is 0.133. The molecule has 120 valence electrons. The Morgan fingerprint density at radius 2 is 1.65 bits per heavy atom. The zero-order valence-electron chi connectivity index (χ0n) is 12.2. The maximum Gasteiger partial charge on any atom is 0.289 e. The molecule has 8 heteroatoms. The summed E-state index contributed by atoms with van der Waals surface area (Å²) in [6.07, 6.45) is 0. The average molecular weight is 334 g/mol. The fourth-order valence-electron chi connectivity index (χ4n) is 2.09. The Balaban J connectivity index is 2.44. The van der Waals surface area contributed by atoms with Crippen LogP contribution in [0.15, 0.2) is 59.5 Å². The van der Waals surface area contributed by atoms with Gasteiger partial charge in [0.1, 0.15) is 6.04 Å². The minimum atomic E-state index is -4.24. The van der Waals surface area contributed by atoms with Gasteiger partial charge in [0.25, 0.3) is 5.69 Å². The van der Waals surface area contributed by atoms with E-state index < -0.39 is 37.4 Å². The second-order valence-electron chi connectivity index (χ2n) is 4.80. The van der Waals surface area contributed by atoms with Gasteiger partial charge in [-0.15, -0.1) is 0 Å². The summed E-state index contributed by atoms with van der Waals surface area (Å²) >= 11 is 0. The summed E-state index contributed by atoms with van der Waals surface area (Å²) in [5, 5.41) is 11.0. The highest BCUT2D eigenvalue weighted by molar-refractivity contribution is 7.89. The summed E-state index contributed by atoms with van der Waals surface area (Å²) in [5.41, 5.74) is -0.0856. The Bertz CT molecular complexity index is 834. The second kappa shape index (κ2) is 6.67. The highest BCUT2D eigenvalue weighted by Gasteiger charge is 2.29. The Hall–Kier alpha value is -2.58. The number of carbonyl (C=O) groups excluding carboxylic acids is 1. The molecule has 7 nitrogen and oxygen atoms in total. The van der Waals surface area contributed by atoms with E-state index >= 15 is 0 Å². The predicted molar refractivity (Wildman–Crippen MR) is 83.3 cm³/mol. The van der Waals surface area contributed by atoms with Gasteiger partial charge in [0.2, 0.25) is 10.0 Å². The largest absolute Gasteiger partial charge is 0.298 e. The lowest BCUT2D eigenvalue weighted by Crippen LogP contribution is -2.33. The summed E-state index contributed by atoms with van der Waals surface area (Å²) in [6.45, 7) is 1.25. The molecular weight excluding hydrogens is 320 g/mol. The molecule has 2 aromatic carbocycles. The van der Waals surface area contributed by atoms with Crippen molar-refractivity contribution in [1.29, 1.82) is 0 Å². The first-order valence-electron chi connectivity index (χ1n) is 6.64. The van der Waals surface area contributed by atoms with Crippen LogP contribution in [-0.4, -0.2) is 19.1 Å². The molecule has 0 bridgehead atoms. The maximum atomic E-state index is 12.5. The van der Waals surface area contributed by atoms with Crippen molar-refractivity contribution in [1.82, 2.24) is 4.72 Å². The molecule has 0 saturated heterocycles. The standard InChI is InChI=1S/C15H14N2O5S/c1-11(18)15(12-7-3-2-4-8-12)16-23(21,22)14-10-6-5-9-13(14)17(19)20/h2-10,15-16H,1H3/t15-/m0/s1. The lowest BCUT2D eigenvalue weighted by atomic mass is 10.1. The summed E-state index contributed by atoms with van der Waals surface area (Å²) in [6, 6.07) is 12.2. The van der Waals surface area contributed by atoms with Crippen LogP contribution in [0.4, 0.5) is 5.69 Å². The molecule has 0 aromatic heterocycles. The highest BCUT2D eigenvalue weighted by atomic mass is 32.2. The van der Waals surface area contributed by atoms with Crippen LogP contribution in [0.3, 0.4) is 0 Å². The average Bonchev–Trinajstić information content (AvgIpc) is 2.53. The number of nitro groups is 1. The maximum absolute atomic E-state index is 12.5. The van der Waals surface area contributed by atoms with Gasteiger partial charge in [-0.2, -0.15) is 4.72 Å². The molecule has 1 N–H and O–H groups in total. The van der Waals surface area contributed by atoms with Crippen LogP contribution < -0.4 is 4.72 Å². The molecular formula is C15H14N2O5S. The number of nitrogens with zero attached hydrogens (tertiary/aromatic N) is 1. The molecule has 0 fully saturated rings. The predicted octanol–water partition coefficient (Wildman–Crippen LogP) is 2.20. The lowest BCUT2D eigenvalue weighted by Gasteiger charge is -2.16. The number of hydrogen-bond donors (Lipinski definition) is 1. The summed E-state index contributed by atoms with van der Waals surface area (Å²) in [5.74, 6) is -0.418. The van der Waals surface area contributed by atoms with Gasteiger partial charge in [-0.05, 0) is 18.6 Å². The molecule has 0 unspecified atom stereocenters. The number of nitro benzene ring substituents is 1. The van der Waals surface area contributed by atoms with Gasteiger partial charge in [-0.25, -0.2) is 8.42 Å². The van der Waals surface area contributed by atoms with Gasteiger partial charge in [0.05, 0.1) is 4.92 Å². The van der Waals surface area contributed by atoms with Gasteiger partial charge in [-0.1, -0.05) is 42.5 Å². The number of ketones is 1. The van der Waals surface area contributed by atoms with Crippen molar-refractivity contribution < 1.29 is 18.1 Å². The zero-order chi connectivity index (χ0) is 17.0. The SMILES string of the molecule is CC(=O)[C@H](NS(=O)(=O)c1ccccc1[N+](=O)[O-])c1ccccc1. The van der Waals surface area contributed by atoms with Crippen LogP contribution >= 0.6 is 0 Å². The normalized spacial score (nSPS) is 12.6. The van der Waals surface area contributed by atoms with Crippen LogP contribution in [0, 0.1) is 10.1 Å². The van der Waals surface area contributed by atoms with Gasteiger partial charge in [-0.3, -0.25) is 14.9 Å². The van der Waals surface area contributed by atoms with Crippen molar-refractivity contribution >= 4 is 21.5 Å². The third kappa shape index (κ3) is 3.79. The molecule has 0 aliphatic heterocycles. The van der Waals surface area contributed by atoms with E-state index in [1.807, 2.05) is 0 Å². The minimum Gasteiger partial charge on any atom is -0.298 e. The number of hydrogen-bond acceptors (Lipinski definition) is 5. The molecule has 0 radical (unpaired) electrons. The first-order valence-corrected chi connectivity index (χ1v) is 8.12. The number of Topliss-reactive ketones (excluding diaryl/α,β-unsaturated/α-hetero) is 1. The Kier molecular flexibility index (Phi) is 4.87. The molecule has 2 rings (SSSR count). The number of sulfonamides is 1. The lowest BCUT2D eigenvalue weighted by molar-refractivity contribution is -0.387. The molecule has 2 aromatic rings. The smallest absolute Gasteiger partial charge is 0.289 e. The molecule has 0 amide bonds. The number of rotatable bonds is 6. The van der Waals surface area contributed by atoms with Gasteiger partial charge >= 0.3 is 0 Å². The number of nitrogens with one attached hydrogen (secondary N) is 1. The van der Waals surface area contributed by atoms with Crippen LogP contribution in [0.5, 0.6) is 0 Å². The first-order chi connectivity index (χ1) is 10.8. The third-order valence-electron chi connectivity index (χ3n) is 3.16. The first kappa shape index (κ1) is 16.8. The zero-order valence-corrected chi connectivity index (χ0v) is 13.0. The summed E-state index contributed by atoms with van der Waals surface area (Å²) in [4.78, 5) is 21.6. The number of benzene rings is 2.